The van der Waals surface area contributed by atoms with Crippen molar-refractivity contribution in [1.82, 2.24) is 4.90 Å². The molecule has 1 aliphatic rings. The summed E-state index contributed by atoms with van der Waals surface area (Å²) in [7, 11) is 0. The molecular weight excluding hydrogens is 194 g/mol. The van der Waals surface area contributed by atoms with E-state index >= 15 is 0 Å². The van der Waals surface area contributed by atoms with Gasteiger partial charge in [-0.2, -0.15) is 0 Å². The minimum atomic E-state index is -0.140. The zero-order valence-corrected chi connectivity index (χ0v) is 9.91. The predicted octanol–water partition coefficient (Wildman–Crippen LogP) is 1.05. The van der Waals surface area contributed by atoms with Crippen molar-refractivity contribution in [3.05, 3.63) is 0 Å². The molecule has 1 rings (SSSR count). The lowest BCUT2D eigenvalue weighted by Crippen LogP contribution is -2.56. The van der Waals surface area contributed by atoms with Crippen LogP contribution in [-0.2, 0) is 14.3 Å². The Morgan fingerprint density at radius 3 is 2.87 bits per heavy atom. The van der Waals surface area contributed by atoms with Crippen LogP contribution in [0.4, 0.5) is 0 Å². The van der Waals surface area contributed by atoms with Gasteiger partial charge in [-0.25, -0.2) is 0 Å². The van der Waals surface area contributed by atoms with E-state index in [2.05, 4.69) is 18.7 Å². The van der Waals surface area contributed by atoms with E-state index in [9.17, 15) is 4.79 Å². The molecule has 1 aliphatic heterocycles. The number of carbonyl (C=O) groups is 1. The van der Waals surface area contributed by atoms with Gasteiger partial charge in [-0.15, -0.1) is 0 Å². The predicted molar refractivity (Wildman–Crippen MR) is 57.7 cm³/mol. The Morgan fingerprint density at radius 1 is 1.53 bits per heavy atom. The van der Waals surface area contributed by atoms with Crippen LogP contribution < -0.4 is 0 Å². The van der Waals surface area contributed by atoms with Crippen LogP contribution in [0.25, 0.3) is 0 Å². The molecule has 0 bridgehead atoms. The number of hydrogen-bond donors (Lipinski definition) is 0. The van der Waals surface area contributed by atoms with Gasteiger partial charge in [-0.3, -0.25) is 9.69 Å². The summed E-state index contributed by atoms with van der Waals surface area (Å²) in [5.74, 6) is -0.140. The Bertz CT molecular complexity index is 220. The van der Waals surface area contributed by atoms with Gasteiger partial charge in [0.2, 0.25) is 0 Å². The topological polar surface area (TPSA) is 38.8 Å². The van der Waals surface area contributed by atoms with Gasteiger partial charge in [-0.1, -0.05) is 6.92 Å². The molecule has 0 N–H and O–H groups in total. The molecule has 15 heavy (non-hydrogen) atoms. The van der Waals surface area contributed by atoms with Crippen LogP contribution in [0.2, 0.25) is 0 Å². The van der Waals surface area contributed by atoms with E-state index in [1.165, 1.54) is 0 Å². The Balaban J connectivity index is 2.53. The van der Waals surface area contributed by atoms with E-state index in [0.717, 1.165) is 13.0 Å². The molecule has 88 valence electrons. The first-order chi connectivity index (χ1) is 7.12. The smallest absolute Gasteiger partial charge is 0.320 e. The van der Waals surface area contributed by atoms with Crippen molar-refractivity contribution in [3.63, 3.8) is 0 Å². The van der Waals surface area contributed by atoms with Crippen LogP contribution in [0.3, 0.4) is 0 Å². The zero-order valence-electron chi connectivity index (χ0n) is 9.91. The van der Waals surface area contributed by atoms with Crippen molar-refractivity contribution >= 4 is 5.97 Å². The molecule has 1 unspecified atom stereocenters. The van der Waals surface area contributed by atoms with Crippen LogP contribution in [-0.4, -0.2) is 49.3 Å². The largest absolute Gasteiger partial charge is 0.465 e. The Labute approximate surface area is 91.5 Å². The van der Waals surface area contributed by atoms with Gasteiger partial charge in [0.05, 0.1) is 26.4 Å². The van der Waals surface area contributed by atoms with Crippen LogP contribution in [0.15, 0.2) is 0 Å². The van der Waals surface area contributed by atoms with Gasteiger partial charge in [0.15, 0.2) is 0 Å². The molecule has 0 aromatic heterocycles. The highest BCUT2D eigenvalue weighted by Gasteiger charge is 2.34. The lowest BCUT2D eigenvalue weighted by atomic mass is 9.96. The highest BCUT2D eigenvalue weighted by Crippen LogP contribution is 2.22. The van der Waals surface area contributed by atoms with Crippen molar-refractivity contribution in [1.29, 1.82) is 0 Å². The zero-order chi connectivity index (χ0) is 11.3. The van der Waals surface area contributed by atoms with Crippen molar-refractivity contribution in [2.45, 2.75) is 32.7 Å². The Kier molecular flexibility index (Phi) is 4.54. The van der Waals surface area contributed by atoms with E-state index in [4.69, 9.17) is 9.47 Å². The molecule has 1 saturated heterocycles. The van der Waals surface area contributed by atoms with Crippen molar-refractivity contribution in [2.75, 3.05) is 32.9 Å². The lowest BCUT2D eigenvalue weighted by Gasteiger charge is -2.43. The summed E-state index contributed by atoms with van der Waals surface area (Å²) in [5.41, 5.74) is -0.0228. The SMILES string of the molecule is CCOC(=O)CN1CCOCC1(C)CC. The summed E-state index contributed by atoms with van der Waals surface area (Å²) in [6.45, 7) is 9.11. The van der Waals surface area contributed by atoms with Crippen LogP contribution in [0, 0.1) is 0 Å². The standard InChI is InChI=1S/C11H21NO3/c1-4-11(3)9-14-7-6-12(11)8-10(13)15-5-2/h4-9H2,1-3H3. The molecule has 1 heterocycles. The number of morpholine rings is 1. The summed E-state index contributed by atoms with van der Waals surface area (Å²) in [4.78, 5) is 13.6. The average Bonchev–Trinajstić information content (AvgIpc) is 2.22. The van der Waals surface area contributed by atoms with Crippen molar-refractivity contribution in [2.24, 2.45) is 0 Å². The number of nitrogens with zero attached hydrogens (tertiary/aromatic N) is 1. The second kappa shape index (κ2) is 5.47. The normalized spacial score (nSPS) is 27.7. The molecule has 4 heteroatoms. The molecule has 0 aromatic rings. The molecule has 0 aliphatic carbocycles. The molecule has 0 spiro atoms. The third-order valence-corrected chi connectivity index (χ3v) is 3.07. The maximum absolute atomic E-state index is 11.4. The molecule has 0 radical (unpaired) electrons. The molecule has 1 fully saturated rings. The van der Waals surface area contributed by atoms with Gasteiger partial charge >= 0.3 is 5.97 Å². The van der Waals surface area contributed by atoms with E-state index in [-0.39, 0.29) is 11.5 Å². The molecule has 0 amide bonds. The quantitative estimate of drug-likeness (QED) is 0.657. The summed E-state index contributed by atoms with van der Waals surface area (Å²) in [6, 6.07) is 0. The Hall–Kier alpha value is -0.610. The molecule has 0 saturated carbocycles. The third-order valence-electron chi connectivity index (χ3n) is 3.07. The Morgan fingerprint density at radius 2 is 2.27 bits per heavy atom. The number of carbonyl (C=O) groups excluding carboxylic acids is 1. The van der Waals surface area contributed by atoms with Gasteiger partial charge in [0.1, 0.15) is 0 Å². The number of rotatable bonds is 4. The second-order valence-electron chi connectivity index (χ2n) is 4.13. The molecule has 0 aromatic carbocycles. The van der Waals surface area contributed by atoms with E-state index in [1.807, 2.05) is 6.92 Å². The van der Waals surface area contributed by atoms with Gasteiger partial charge < -0.3 is 9.47 Å². The molecule has 1 atom stereocenters. The lowest BCUT2D eigenvalue weighted by molar-refractivity contribution is -0.149. The van der Waals surface area contributed by atoms with E-state index in [1.54, 1.807) is 0 Å². The fourth-order valence-electron chi connectivity index (χ4n) is 1.79. The fourth-order valence-corrected chi connectivity index (χ4v) is 1.79. The summed E-state index contributed by atoms with van der Waals surface area (Å²) < 4.78 is 10.4. The van der Waals surface area contributed by atoms with Gasteiger partial charge in [0.25, 0.3) is 0 Å². The first kappa shape index (κ1) is 12.5. The van der Waals surface area contributed by atoms with E-state index < -0.39 is 0 Å². The van der Waals surface area contributed by atoms with Gasteiger partial charge in [-0.05, 0) is 20.3 Å². The summed E-state index contributed by atoms with van der Waals surface area (Å²) in [5, 5.41) is 0. The fraction of sp³-hybridized carbons (Fsp3) is 0.909. The van der Waals surface area contributed by atoms with Crippen molar-refractivity contribution in [3.8, 4) is 0 Å². The summed E-state index contributed by atoms with van der Waals surface area (Å²) >= 11 is 0. The minimum Gasteiger partial charge on any atom is -0.465 e. The van der Waals surface area contributed by atoms with Gasteiger partial charge in [0, 0.05) is 12.1 Å². The second-order valence-corrected chi connectivity index (χ2v) is 4.13. The monoisotopic (exact) mass is 215 g/mol. The summed E-state index contributed by atoms with van der Waals surface area (Å²) in [6.07, 6.45) is 0.979. The van der Waals surface area contributed by atoms with Crippen molar-refractivity contribution < 1.29 is 14.3 Å². The average molecular weight is 215 g/mol. The first-order valence-electron chi connectivity index (χ1n) is 5.61. The first-order valence-corrected chi connectivity index (χ1v) is 5.61. The minimum absolute atomic E-state index is 0.0228. The number of ether oxygens (including phenoxy) is 2. The highest BCUT2D eigenvalue weighted by molar-refractivity contribution is 5.71. The van der Waals surface area contributed by atoms with Crippen LogP contribution >= 0.6 is 0 Å². The van der Waals surface area contributed by atoms with E-state index in [0.29, 0.717) is 26.4 Å². The highest BCUT2D eigenvalue weighted by atomic mass is 16.5. The maximum atomic E-state index is 11.4. The third kappa shape index (κ3) is 3.18. The molecular formula is C11H21NO3. The maximum Gasteiger partial charge on any atom is 0.320 e. The van der Waals surface area contributed by atoms with Crippen LogP contribution in [0.1, 0.15) is 27.2 Å². The van der Waals surface area contributed by atoms with Crippen LogP contribution in [0.5, 0.6) is 0 Å². The number of hydrogen-bond acceptors (Lipinski definition) is 4. The number of esters is 1. The molecule has 4 nitrogen and oxygen atoms in total.